The van der Waals surface area contributed by atoms with Crippen molar-refractivity contribution in [2.24, 2.45) is 0 Å². The molecule has 0 saturated carbocycles. The maximum atomic E-state index is 13.3. The summed E-state index contributed by atoms with van der Waals surface area (Å²) < 4.78 is 7.75. The Balaban J connectivity index is 1.42. The molecule has 4 aromatic rings. The van der Waals surface area contributed by atoms with Crippen LogP contribution in [-0.2, 0) is 31.6 Å². The second-order valence-corrected chi connectivity index (χ2v) is 10.9. The highest BCUT2D eigenvalue weighted by Gasteiger charge is 2.23. The lowest BCUT2D eigenvalue weighted by Crippen LogP contribution is -2.23. The number of thiophene rings is 2. The van der Waals surface area contributed by atoms with Gasteiger partial charge in [0.05, 0.1) is 16.0 Å². The summed E-state index contributed by atoms with van der Waals surface area (Å²) in [6.45, 7) is 7.01. The molecule has 162 valence electrons. The van der Waals surface area contributed by atoms with Crippen LogP contribution in [0.4, 0.5) is 0 Å². The van der Waals surface area contributed by atoms with Crippen molar-refractivity contribution in [3.63, 3.8) is 0 Å². The summed E-state index contributed by atoms with van der Waals surface area (Å²) in [5.41, 5.74) is 2.60. The minimum Gasteiger partial charge on any atom is -0.419 e. The van der Waals surface area contributed by atoms with Crippen molar-refractivity contribution in [3.8, 4) is 10.8 Å². The smallest absolute Gasteiger partial charge is 0.263 e. The Labute approximate surface area is 192 Å². The number of hydrogen-bond acceptors (Lipinski definition) is 8. The summed E-state index contributed by atoms with van der Waals surface area (Å²) in [5, 5.41) is 10.0. The van der Waals surface area contributed by atoms with Crippen LogP contribution in [0.3, 0.4) is 0 Å². The Morgan fingerprint density at radius 3 is 2.87 bits per heavy atom. The van der Waals surface area contributed by atoms with E-state index < -0.39 is 0 Å². The molecule has 0 bridgehead atoms. The average molecular weight is 473 g/mol. The Bertz CT molecular complexity index is 1310. The zero-order valence-corrected chi connectivity index (χ0v) is 20.3. The number of nitrogens with zero attached hydrogens (tertiary/aromatic N) is 4. The van der Waals surface area contributed by atoms with E-state index >= 15 is 0 Å². The van der Waals surface area contributed by atoms with Gasteiger partial charge in [0.2, 0.25) is 5.89 Å². The van der Waals surface area contributed by atoms with Crippen LogP contribution in [0.5, 0.6) is 0 Å². The summed E-state index contributed by atoms with van der Waals surface area (Å²) in [7, 11) is 0. The zero-order valence-electron chi connectivity index (χ0n) is 17.9. The van der Waals surface area contributed by atoms with Gasteiger partial charge in [0, 0.05) is 16.3 Å². The molecular weight excluding hydrogens is 448 g/mol. The summed E-state index contributed by atoms with van der Waals surface area (Å²) in [6.07, 6.45) is 5.10. The van der Waals surface area contributed by atoms with Gasteiger partial charge in [-0.25, -0.2) is 4.98 Å². The van der Waals surface area contributed by atoms with Crippen molar-refractivity contribution < 1.29 is 4.42 Å². The highest BCUT2D eigenvalue weighted by Crippen LogP contribution is 2.36. The largest absolute Gasteiger partial charge is 0.419 e. The van der Waals surface area contributed by atoms with Gasteiger partial charge in [0.25, 0.3) is 11.4 Å². The third-order valence-electron chi connectivity index (χ3n) is 5.58. The van der Waals surface area contributed by atoms with E-state index in [4.69, 9.17) is 9.40 Å². The maximum absolute atomic E-state index is 13.3. The third kappa shape index (κ3) is 3.76. The molecule has 4 aromatic heterocycles. The molecule has 0 radical (unpaired) electrons. The Hall–Kier alpha value is -1.97. The van der Waals surface area contributed by atoms with E-state index in [1.807, 2.05) is 4.57 Å². The fraction of sp³-hybridized carbons (Fsp3) is 0.455. The van der Waals surface area contributed by atoms with E-state index in [1.165, 1.54) is 32.6 Å². The molecule has 1 aliphatic rings. The zero-order chi connectivity index (χ0) is 21.5. The SMILES string of the molecule is CCCn1c(SCc2nnc(-c3cc(C)c(CC)s3)o2)nc2sc3c(c2c1=O)CCC3. The van der Waals surface area contributed by atoms with Gasteiger partial charge < -0.3 is 4.42 Å². The second kappa shape index (κ2) is 8.52. The molecule has 9 heteroatoms. The van der Waals surface area contributed by atoms with E-state index in [-0.39, 0.29) is 5.56 Å². The van der Waals surface area contributed by atoms with Crippen LogP contribution >= 0.6 is 34.4 Å². The number of thioether (sulfide) groups is 1. The minimum absolute atomic E-state index is 0.0983. The summed E-state index contributed by atoms with van der Waals surface area (Å²) in [4.78, 5) is 22.7. The second-order valence-electron chi connectivity index (χ2n) is 7.75. The number of rotatable bonds is 7. The molecule has 1 aliphatic carbocycles. The molecule has 6 nitrogen and oxygen atoms in total. The normalized spacial score (nSPS) is 13.4. The maximum Gasteiger partial charge on any atom is 0.263 e. The minimum atomic E-state index is 0.0983. The monoisotopic (exact) mass is 472 g/mol. The van der Waals surface area contributed by atoms with Gasteiger partial charge in [0.15, 0.2) is 5.16 Å². The van der Waals surface area contributed by atoms with Crippen LogP contribution in [0, 0.1) is 6.92 Å². The van der Waals surface area contributed by atoms with Gasteiger partial charge in [-0.05, 0) is 56.2 Å². The van der Waals surface area contributed by atoms with Gasteiger partial charge >= 0.3 is 0 Å². The highest BCUT2D eigenvalue weighted by atomic mass is 32.2. The number of aryl methyl sites for hydroxylation is 4. The highest BCUT2D eigenvalue weighted by molar-refractivity contribution is 7.98. The molecule has 0 aliphatic heterocycles. The standard InChI is InChI=1S/C22H24N4O2S3/c1-4-9-26-21(27)18-13-7-6-8-15(13)31-20(18)23-22(26)29-11-17-24-25-19(28-17)16-10-12(3)14(5-2)30-16/h10H,4-9,11H2,1-3H3. The fourth-order valence-corrected chi connectivity index (χ4v) is 7.30. The van der Waals surface area contributed by atoms with Crippen LogP contribution in [0.25, 0.3) is 21.0 Å². The predicted octanol–water partition coefficient (Wildman–Crippen LogP) is 5.63. The Kier molecular flexibility index (Phi) is 5.75. The van der Waals surface area contributed by atoms with E-state index in [1.54, 1.807) is 22.7 Å². The summed E-state index contributed by atoms with van der Waals surface area (Å²) in [6, 6.07) is 2.11. The van der Waals surface area contributed by atoms with Crippen LogP contribution in [-0.4, -0.2) is 19.7 Å². The van der Waals surface area contributed by atoms with Crippen molar-refractivity contribution >= 4 is 44.7 Å². The number of aromatic nitrogens is 4. The van der Waals surface area contributed by atoms with Crippen LogP contribution in [0.15, 0.2) is 20.4 Å². The Morgan fingerprint density at radius 1 is 1.23 bits per heavy atom. The first-order chi connectivity index (χ1) is 15.1. The van der Waals surface area contributed by atoms with Gasteiger partial charge in [0.1, 0.15) is 4.83 Å². The number of hydrogen-bond donors (Lipinski definition) is 0. The fourth-order valence-electron chi connectivity index (χ4n) is 4.10. The lowest BCUT2D eigenvalue weighted by atomic mass is 10.2. The lowest BCUT2D eigenvalue weighted by Gasteiger charge is -2.10. The van der Waals surface area contributed by atoms with E-state index in [0.29, 0.717) is 24.1 Å². The van der Waals surface area contributed by atoms with Gasteiger partial charge in [-0.2, -0.15) is 0 Å². The molecule has 0 atom stereocenters. The molecule has 0 amide bonds. The van der Waals surface area contributed by atoms with Gasteiger partial charge in [-0.15, -0.1) is 32.9 Å². The van der Waals surface area contributed by atoms with Crippen LogP contribution < -0.4 is 5.56 Å². The molecule has 0 spiro atoms. The van der Waals surface area contributed by atoms with Crippen molar-refractivity contribution in [1.29, 1.82) is 0 Å². The van der Waals surface area contributed by atoms with E-state index in [0.717, 1.165) is 52.4 Å². The first-order valence-electron chi connectivity index (χ1n) is 10.7. The van der Waals surface area contributed by atoms with Crippen molar-refractivity contribution in [1.82, 2.24) is 19.7 Å². The number of fused-ring (bicyclic) bond motifs is 3. The lowest BCUT2D eigenvalue weighted by molar-refractivity contribution is 0.528. The molecule has 4 heterocycles. The molecule has 0 fully saturated rings. The van der Waals surface area contributed by atoms with Crippen LogP contribution in [0.2, 0.25) is 0 Å². The van der Waals surface area contributed by atoms with Gasteiger partial charge in [-0.1, -0.05) is 25.6 Å². The van der Waals surface area contributed by atoms with Crippen molar-refractivity contribution in [2.75, 3.05) is 0 Å². The van der Waals surface area contributed by atoms with E-state index in [9.17, 15) is 4.79 Å². The average Bonchev–Trinajstić information content (AvgIpc) is 3.51. The molecule has 0 N–H and O–H groups in total. The summed E-state index contributed by atoms with van der Waals surface area (Å²) in [5.74, 6) is 1.60. The Morgan fingerprint density at radius 2 is 2.10 bits per heavy atom. The molecule has 31 heavy (non-hydrogen) atoms. The van der Waals surface area contributed by atoms with Gasteiger partial charge in [-0.3, -0.25) is 9.36 Å². The van der Waals surface area contributed by atoms with E-state index in [2.05, 4.69) is 37.0 Å². The molecular formula is C22H24N4O2S3. The predicted molar refractivity (Wildman–Crippen MR) is 127 cm³/mol. The van der Waals surface area contributed by atoms with Crippen molar-refractivity contribution in [2.45, 2.75) is 70.3 Å². The quantitative estimate of drug-likeness (QED) is 0.256. The van der Waals surface area contributed by atoms with Crippen LogP contribution in [0.1, 0.15) is 53.5 Å². The topological polar surface area (TPSA) is 73.8 Å². The first-order valence-corrected chi connectivity index (χ1v) is 13.3. The molecule has 0 unspecified atom stereocenters. The third-order valence-corrected chi connectivity index (χ3v) is 9.10. The first kappa shape index (κ1) is 20.9. The molecule has 5 rings (SSSR count). The molecule has 0 saturated heterocycles. The summed E-state index contributed by atoms with van der Waals surface area (Å²) >= 11 is 4.88. The van der Waals surface area contributed by atoms with Crippen molar-refractivity contribution in [3.05, 3.63) is 43.2 Å². The molecule has 0 aromatic carbocycles.